The highest BCUT2D eigenvalue weighted by Crippen LogP contribution is 2.38. The van der Waals surface area contributed by atoms with Gasteiger partial charge in [0.1, 0.15) is 0 Å². The monoisotopic (exact) mass is 355 g/mol. The van der Waals surface area contributed by atoms with Gasteiger partial charge < -0.3 is 10.3 Å². The van der Waals surface area contributed by atoms with E-state index in [1.54, 1.807) is 11.3 Å². The molecule has 108 valence electrons. The largest absolute Gasteiger partial charge is 0.333 e. The highest BCUT2D eigenvalue weighted by molar-refractivity contribution is 9.11. The van der Waals surface area contributed by atoms with Gasteiger partial charge in [-0.3, -0.25) is 0 Å². The Morgan fingerprint density at radius 3 is 2.75 bits per heavy atom. The van der Waals surface area contributed by atoms with Crippen LogP contribution in [0.4, 0.5) is 0 Å². The molecule has 0 aliphatic heterocycles. The molecule has 1 aliphatic rings. The van der Waals surface area contributed by atoms with Gasteiger partial charge in [-0.2, -0.15) is 4.98 Å². The van der Waals surface area contributed by atoms with Gasteiger partial charge in [-0.1, -0.05) is 12.1 Å². The molecule has 1 saturated carbocycles. The maximum atomic E-state index is 6.48. The fourth-order valence-electron chi connectivity index (χ4n) is 2.59. The molecule has 0 spiro atoms. The molecule has 2 N–H and O–H groups in total. The number of thiophene rings is 1. The molecule has 2 aromatic rings. The first-order valence-corrected chi connectivity index (χ1v) is 8.48. The summed E-state index contributed by atoms with van der Waals surface area (Å²) in [7, 11) is 0. The highest BCUT2D eigenvalue weighted by Gasteiger charge is 2.36. The SMILES string of the molecule is Cc1cc(-c2nc(C3(N)CCC(C)CC3)no2)sc1Br. The van der Waals surface area contributed by atoms with Gasteiger partial charge in [-0.15, -0.1) is 11.3 Å². The third-order valence-electron chi connectivity index (χ3n) is 4.11. The van der Waals surface area contributed by atoms with E-state index >= 15 is 0 Å². The first kappa shape index (κ1) is 14.2. The fourth-order valence-corrected chi connectivity index (χ4v) is 4.05. The molecule has 6 heteroatoms. The second kappa shape index (κ2) is 5.24. The van der Waals surface area contributed by atoms with Crippen LogP contribution in [-0.2, 0) is 5.54 Å². The van der Waals surface area contributed by atoms with Gasteiger partial charge >= 0.3 is 0 Å². The molecule has 2 aromatic heterocycles. The first-order valence-electron chi connectivity index (χ1n) is 6.87. The Balaban J connectivity index is 1.86. The molecule has 2 heterocycles. The molecule has 0 saturated heterocycles. The molecule has 0 aromatic carbocycles. The van der Waals surface area contributed by atoms with Crippen molar-refractivity contribution in [1.82, 2.24) is 10.1 Å². The lowest BCUT2D eigenvalue weighted by Gasteiger charge is -2.33. The lowest BCUT2D eigenvalue weighted by atomic mass is 9.77. The molecule has 0 radical (unpaired) electrons. The van der Waals surface area contributed by atoms with Crippen molar-refractivity contribution in [2.24, 2.45) is 11.7 Å². The Bertz CT molecular complexity index is 594. The summed E-state index contributed by atoms with van der Waals surface area (Å²) in [6.07, 6.45) is 4.12. The van der Waals surface area contributed by atoms with Crippen LogP contribution in [0.2, 0.25) is 0 Å². The summed E-state index contributed by atoms with van der Waals surface area (Å²) in [4.78, 5) is 5.53. The van der Waals surface area contributed by atoms with Crippen molar-refractivity contribution >= 4 is 27.3 Å². The minimum Gasteiger partial charge on any atom is -0.333 e. The number of aryl methyl sites for hydroxylation is 1. The van der Waals surface area contributed by atoms with E-state index in [1.807, 2.05) is 6.92 Å². The van der Waals surface area contributed by atoms with Crippen LogP contribution in [0.25, 0.3) is 10.8 Å². The molecule has 3 rings (SSSR count). The third-order valence-corrected chi connectivity index (χ3v) is 6.23. The molecule has 0 amide bonds. The molecule has 1 fully saturated rings. The van der Waals surface area contributed by atoms with Crippen molar-refractivity contribution in [3.63, 3.8) is 0 Å². The first-order chi connectivity index (χ1) is 9.48. The zero-order chi connectivity index (χ0) is 14.3. The summed E-state index contributed by atoms with van der Waals surface area (Å²) in [5.74, 6) is 1.97. The smallest absolute Gasteiger partial charge is 0.268 e. The van der Waals surface area contributed by atoms with Crippen molar-refractivity contribution in [2.45, 2.75) is 45.1 Å². The van der Waals surface area contributed by atoms with E-state index in [4.69, 9.17) is 10.3 Å². The van der Waals surface area contributed by atoms with Crippen LogP contribution < -0.4 is 5.73 Å². The fraction of sp³-hybridized carbons (Fsp3) is 0.571. The number of aromatic nitrogens is 2. The van der Waals surface area contributed by atoms with Crippen LogP contribution in [0.5, 0.6) is 0 Å². The second-order valence-corrected chi connectivity index (χ2v) is 8.20. The number of hydrogen-bond acceptors (Lipinski definition) is 5. The van der Waals surface area contributed by atoms with E-state index in [-0.39, 0.29) is 0 Å². The van der Waals surface area contributed by atoms with Gasteiger partial charge in [0.25, 0.3) is 5.89 Å². The van der Waals surface area contributed by atoms with Crippen LogP contribution in [0.1, 0.15) is 44.0 Å². The Morgan fingerprint density at radius 1 is 1.45 bits per heavy atom. The van der Waals surface area contributed by atoms with Gasteiger partial charge in [0.15, 0.2) is 5.82 Å². The number of nitrogens with zero attached hydrogens (tertiary/aromatic N) is 2. The zero-order valence-corrected chi connectivity index (χ0v) is 14.1. The minimum absolute atomic E-state index is 0.419. The second-order valence-electron chi connectivity index (χ2n) is 5.83. The zero-order valence-electron chi connectivity index (χ0n) is 11.6. The van der Waals surface area contributed by atoms with Crippen LogP contribution in [0.15, 0.2) is 14.4 Å². The molecule has 0 unspecified atom stereocenters. The van der Waals surface area contributed by atoms with E-state index < -0.39 is 5.54 Å². The molecule has 20 heavy (non-hydrogen) atoms. The highest BCUT2D eigenvalue weighted by atomic mass is 79.9. The number of hydrogen-bond donors (Lipinski definition) is 1. The standard InChI is InChI=1S/C14H18BrN3OS/c1-8-3-5-14(16,6-4-8)13-17-12(19-18-13)10-7-9(2)11(15)20-10/h7-8H,3-6,16H2,1-2H3. The van der Waals surface area contributed by atoms with Crippen molar-refractivity contribution in [3.8, 4) is 10.8 Å². The van der Waals surface area contributed by atoms with Crippen molar-refractivity contribution in [2.75, 3.05) is 0 Å². The van der Waals surface area contributed by atoms with E-state index in [0.29, 0.717) is 11.7 Å². The van der Waals surface area contributed by atoms with Gasteiger partial charge in [0.2, 0.25) is 0 Å². The van der Waals surface area contributed by atoms with E-state index in [1.165, 1.54) is 5.56 Å². The predicted octanol–water partition coefficient (Wildman–Crippen LogP) is 4.23. The predicted molar refractivity (Wildman–Crippen MR) is 83.5 cm³/mol. The maximum Gasteiger partial charge on any atom is 0.268 e. The molecular weight excluding hydrogens is 338 g/mol. The lowest BCUT2D eigenvalue weighted by Crippen LogP contribution is -2.41. The molecule has 0 atom stereocenters. The Kier molecular flexibility index (Phi) is 3.73. The number of halogens is 1. The summed E-state index contributed by atoms with van der Waals surface area (Å²) in [6.45, 7) is 4.32. The van der Waals surface area contributed by atoms with E-state index in [2.05, 4.69) is 39.1 Å². The minimum atomic E-state index is -0.419. The molecule has 4 nitrogen and oxygen atoms in total. The molecule has 1 aliphatic carbocycles. The van der Waals surface area contributed by atoms with E-state index in [0.717, 1.165) is 40.3 Å². The Morgan fingerprint density at radius 2 is 2.15 bits per heavy atom. The molecule has 0 bridgehead atoms. The summed E-state index contributed by atoms with van der Waals surface area (Å²) >= 11 is 5.12. The summed E-state index contributed by atoms with van der Waals surface area (Å²) in [5, 5.41) is 4.13. The van der Waals surface area contributed by atoms with Crippen molar-refractivity contribution in [3.05, 3.63) is 21.2 Å². The average Bonchev–Trinajstić information content (AvgIpc) is 3.02. The third kappa shape index (κ3) is 2.56. The molecular formula is C14H18BrN3OS. The average molecular weight is 356 g/mol. The van der Waals surface area contributed by atoms with Crippen molar-refractivity contribution < 1.29 is 4.52 Å². The summed E-state index contributed by atoms with van der Waals surface area (Å²) in [5.41, 5.74) is 7.24. The van der Waals surface area contributed by atoms with Gasteiger partial charge in [0.05, 0.1) is 14.2 Å². The van der Waals surface area contributed by atoms with Gasteiger partial charge in [-0.05, 0) is 66.1 Å². The normalized spacial score (nSPS) is 26.9. The summed E-state index contributed by atoms with van der Waals surface area (Å²) < 4.78 is 6.51. The lowest BCUT2D eigenvalue weighted by molar-refractivity contribution is 0.230. The number of nitrogens with two attached hydrogens (primary N) is 1. The maximum absolute atomic E-state index is 6.48. The number of rotatable bonds is 2. The van der Waals surface area contributed by atoms with E-state index in [9.17, 15) is 0 Å². The van der Waals surface area contributed by atoms with Crippen LogP contribution >= 0.6 is 27.3 Å². The van der Waals surface area contributed by atoms with Crippen molar-refractivity contribution in [1.29, 1.82) is 0 Å². The van der Waals surface area contributed by atoms with Crippen LogP contribution in [0, 0.1) is 12.8 Å². The quantitative estimate of drug-likeness (QED) is 0.874. The van der Waals surface area contributed by atoms with Gasteiger partial charge in [0, 0.05) is 0 Å². The Hall–Kier alpha value is -0.720. The Labute approximate surface area is 130 Å². The van der Waals surface area contributed by atoms with Crippen LogP contribution in [0.3, 0.4) is 0 Å². The topological polar surface area (TPSA) is 64.9 Å². The summed E-state index contributed by atoms with van der Waals surface area (Å²) in [6, 6.07) is 2.05. The van der Waals surface area contributed by atoms with Gasteiger partial charge in [-0.25, -0.2) is 0 Å². The van der Waals surface area contributed by atoms with Crippen LogP contribution in [-0.4, -0.2) is 10.1 Å².